The van der Waals surface area contributed by atoms with Crippen molar-refractivity contribution in [1.29, 1.82) is 0 Å². The summed E-state index contributed by atoms with van der Waals surface area (Å²) >= 11 is 0. The first-order chi connectivity index (χ1) is 8.81. The molecule has 1 fully saturated rings. The van der Waals surface area contributed by atoms with Gasteiger partial charge in [-0.2, -0.15) is 0 Å². The summed E-state index contributed by atoms with van der Waals surface area (Å²) in [7, 11) is -3.83. The van der Waals surface area contributed by atoms with Crippen LogP contribution in [0.25, 0.3) is 0 Å². The van der Waals surface area contributed by atoms with Crippen molar-refractivity contribution in [3.8, 4) is 0 Å². The molecule has 1 aliphatic rings. The minimum atomic E-state index is -3.83. The summed E-state index contributed by atoms with van der Waals surface area (Å²) in [5.41, 5.74) is 0. The fourth-order valence-corrected chi connectivity index (χ4v) is 4.66. The van der Waals surface area contributed by atoms with Gasteiger partial charge in [-0.1, -0.05) is 32.0 Å². The molecule has 5 heteroatoms. The monoisotopic (exact) mass is 282 g/mol. The zero-order chi connectivity index (χ0) is 14.3. The van der Waals surface area contributed by atoms with Crippen LogP contribution in [0.5, 0.6) is 0 Å². The second kappa shape index (κ2) is 4.63. The minimum Gasteiger partial charge on any atom is -0.480 e. The van der Waals surface area contributed by atoms with E-state index in [1.54, 1.807) is 18.2 Å². The van der Waals surface area contributed by atoms with Gasteiger partial charge in [-0.3, -0.25) is 4.79 Å². The Kier molecular flexibility index (Phi) is 3.43. The number of benzene rings is 1. The van der Waals surface area contributed by atoms with Crippen molar-refractivity contribution >= 4 is 15.8 Å². The molecular weight excluding hydrogens is 264 g/mol. The number of sulfone groups is 1. The first-order valence-electron chi connectivity index (χ1n) is 6.34. The minimum absolute atomic E-state index is 0.0969. The SMILES string of the molecule is CC(C)C1CC(C(=O)O)(S(=O)(=O)c2ccccc2)C1. The van der Waals surface area contributed by atoms with E-state index in [9.17, 15) is 18.3 Å². The average Bonchev–Trinajstić information content (AvgIpc) is 2.27. The summed E-state index contributed by atoms with van der Waals surface area (Å²) in [4.78, 5) is 11.6. The van der Waals surface area contributed by atoms with Crippen molar-refractivity contribution in [2.24, 2.45) is 11.8 Å². The third-order valence-electron chi connectivity index (χ3n) is 4.08. The molecule has 0 saturated heterocycles. The fourth-order valence-electron chi connectivity index (χ4n) is 2.59. The van der Waals surface area contributed by atoms with Crippen LogP contribution in [0.3, 0.4) is 0 Å². The lowest BCUT2D eigenvalue weighted by molar-refractivity contribution is -0.144. The third-order valence-corrected chi connectivity index (χ3v) is 6.51. The van der Waals surface area contributed by atoms with E-state index >= 15 is 0 Å². The van der Waals surface area contributed by atoms with Gasteiger partial charge in [0.1, 0.15) is 0 Å². The number of carboxylic acid groups (broad SMARTS) is 1. The highest BCUT2D eigenvalue weighted by Crippen LogP contribution is 2.49. The van der Waals surface area contributed by atoms with Gasteiger partial charge < -0.3 is 5.11 Å². The third kappa shape index (κ3) is 2.06. The van der Waals surface area contributed by atoms with Gasteiger partial charge in [0.05, 0.1) is 4.90 Å². The van der Waals surface area contributed by atoms with Crippen LogP contribution in [-0.2, 0) is 14.6 Å². The van der Waals surface area contributed by atoms with Crippen molar-refractivity contribution in [2.75, 3.05) is 0 Å². The lowest BCUT2D eigenvalue weighted by atomic mass is 9.69. The van der Waals surface area contributed by atoms with Gasteiger partial charge >= 0.3 is 5.97 Å². The van der Waals surface area contributed by atoms with Gasteiger partial charge in [0, 0.05) is 0 Å². The molecule has 1 N–H and O–H groups in total. The Bertz CT molecular complexity index is 569. The topological polar surface area (TPSA) is 71.4 Å². The molecule has 0 atom stereocenters. The maximum absolute atomic E-state index is 12.6. The summed E-state index contributed by atoms with van der Waals surface area (Å²) in [6, 6.07) is 7.86. The Morgan fingerprint density at radius 1 is 1.26 bits per heavy atom. The molecular formula is C14H18O4S. The molecule has 0 unspecified atom stereocenters. The van der Waals surface area contributed by atoms with Gasteiger partial charge in [-0.15, -0.1) is 0 Å². The van der Waals surface area contributed by atoms with E-state index in [1.807, 2.05) is 13.8 Å². The molecule has 19 heavy (non-hydrogen) atoms. The number of carboxylic acids is 1. The predicted molar refractivity (Wildman–Crippen MR) is 71.6 cm³/mol. The van der Waals surface area contributed by atoms with E-state index in [2.05, 4.69) is 0 Å². The molecule has 0 bridgehead atoms. The van der Waals surface area contributed by atoms with Crippen LogP contribution in [0.4, 0.5) is 0 Å². The molecule has 0 aromatic heterocycles. The van der Waals surface area contributed by atoms with E-state index < -0.39 is 20.6 Å². The molecule has 0 aliphatic heterocycles. The number of hydrogen-bond donors (Lipinski definition) is 1. The first-order valence-corrected chi connectivity index (χ1v) is 7.82. The maximum atomic E-state index is 12.6. The molecule has 1 aromatic rings. The summed E-state index contributed by atoms with van der Waals surface area (Å²) in [5, 5.41) is 9.40. The molecule has 1 saturated carbocycles. The second-order valence-corrected chi connectivity index (χ2v) is 7.79. The van der Waals surface area contributed by atoms with Crippen molar-refractivity contribution in [2.45, 2.75) is 36.3 Å². The van der Waals surface area contributed by atoms with Crippen molar-refractivity contribution in [3.05, 3.63) is 30.3 Å². The van der Waals surface area contributed by atoms with E-state index in [0.717, 1.165) is 0 Å². The van der Waals surface area contributed by atoms with Gasteiger partial charge in [0.2, 0.25) is 0 Å². The van der Waals surface area contributed by atoms with Gasteiger partial charge in [-0.05, 0) is 36.8 Å². The summed E-state index contributed by atoms with van der Waals surface area (Å²) in [5.74, 6) is -0.763. The highest BCUT2D eigenvalue weighted by molar-refractivity contribution is 7.93. The molecule has 1 aliphatic carbocycles. The Hall–Kier alpha value is -1.36. The van der Waals surface area contributed by atoms with Crippen LogP contribution in [-0.4, -0.2) is 24.2 Å². The quantitative estimate of drug-likeness (QED) is 0.920. The van der Waals surface area contributed by atoms with Crippen LogP contribution >= 0.6 is 0 Å². The summed E-state index contributed by atoms with van der Waals surface area (Å²) in [6.07, 6.45) is 0.411. The molecule has 0 heterocycles. The maximum Gasteiger partial charge on any atom is 0.325 e. The second-order valence-electron chi connectivity index (χ2n) is 5.53. The van der Waals surface area contributed by atoms with Crippen molar-refractivity contribution < 1.29 is 18.3 Å². The standard InChI is InChI=1S/C14H18O4S/c1-10(2)11-8-14(9-11,13(15)16)19(17,18)12-6-4-3-5-7-12/h3-7,10-11H,8-9H2,1-2H3,(H,15,16). The Labute approximate surface area is 113 Å². The molecule has 4 nitrogen and oxygen atoms in total. The largest absolute Gasteiger partial charge is 0.480 e. The molecule has 0 spiro atoms. The number of rotatable bonds is 4. The average molecular weight is 282 g/mol. The molecule has 2 rings (SSSR count). The van der Waals surface area contributed by atoms with Crippen LogP contribution in [0.15, 0.2) is 35.2 Å². The first kappa shape index (κ1) is 14.1. The Morgan fingerprint density at radius 2 is 1.79 bits per heavy atom. The van der Waals surface area contributed by atoms with Gasteiger partial charge in [-0.25, -0.2) is 8.42 Å². The highest BCUT2D eigenvalue weighted by atomic mass is 32.2. The molecule has 0 radical (unpaired) electrons. The zero-order valence-corrected chi connectivity index (χ0v) is 11.9. The number of aliphatic carboxylic acids is 1. The molecule has 0 amide bonds. The normalized spacial score (nSPS) is 27.0. The number of carbonyl (C=O) groups is 1. The van der Waals surface area contributed by atoms with Crippen molar-refractivity contribution in [3.63, 3.8) is 0 Å². The Morgan fingerprint density at radius 3 is 2.21 bits per heavy atom. The zero-order valence-electron chi connectivity index (χ0n) is 11.0. The lowest BCUT2D eigenvalue weighted by Gasteiger charge is -2.45. The van der Waals surface area contributed by atoms with Gasteiger partial charge in [0.15, 0.2) is 14.6 Å². The highest BCUT2D eigenvalue weighted by Gasteiger charge is 2.60. The lowest BCUT2D eigenvalue weighted by Crippen LogP contribution is -2.57. The summed E-state index contributed by atoms with van der Waals surface area (Å²) < 4.78 is 23.5. The van der Waals surface area contributed by atoms with Crippen LogP contribution in [0.1, 0.15) is 26.7 Å². The Balaban J connectivity index is 2.40. The number of hydrogen-bond acceptors (Lipinski definition) is 3. The van der Waals surface area contributed by atoms with E-state index in [-0.39, 0.29) is 23.7 Å². The van der Waals surface area contributed by atoms with Crippen molar-refractivity contribution in [1.82, 2.24) is 0 Å². The van der Waals surface area contributed by atoms with E-state index in [4.69, 9.17) is 0 Å². The van der Waals surface area contributed by atoms with Gasteiger partial charge in [0.25, 0.3) is 0 Å². The van der Waals surface area contributed by atoms with Crippen LogP contribution < -0.4 is 0 Å². The molecule has 1 aromatic carbocycles. The van der Waals surface area contributed by atoms with E-state index in [1.165, 1.54) is 12.1 Å². The van der Waals surface area contributed by atoms with E-state index in [0.29, 0.717) is 5.92 Å². The predicted octanol–water partition coefficient (Wildman–Crippen LogP) is 2.35. The van der Waals surface area contributed by atoms with Crippen LogP contribution in [0, 0.1) is 11.8 Å². The van der Waals surface area contributed by atoms with Crippen LogP contribution in [0.2, 0.25) is 0 Å². The molecule has 104 valence electrons. The summed E-state index contributed by atoms with van der Waals surface area (Å²) in [6.45, 7) is 3.98. The smallest absolute Gasteiger partial charge is 0.325 e. The fraction of sp³-hybridized carbons (Fsp3) is 0.500.